The summed E-state index contributed by atoms with van der Waals surface area (Å²) in [5, 5.41) is 3.07. The molecule has 1 fully saturated rings. The first-order valence-corrected chi connectivity index (χ1v) is 9.45. The average molecular weight is 347 g/mol. The summed E-state index contributed by atoms with van der Waals surface area (Å²) in [5.74, 6) is 1.55. The van der Waals surface area contributed by atoms with Gasteiger partial charge in [0, 0.05) is 12.8 Å². The molecule has 0 aromatic heterocycles. The lowest BCUT2D eigenvalue weighted by atomic mass is 9.79. The van der Waals surface area contributed by atoms with Gasteiger partial charge in [0.1, 0.15) is 11.4 Å². The molecular weight excluding hydrogens is 314 g/mol. The standard InChI is InChI=1S/C21H33NO3/c1-7-17(5)25-19-15(3)12-18(13-16(19)4)22-20(23)21(24-6)10-8-14(2)9-11-21/h12-14,17H,7-11H2,1-6H3,(H,22,23)/t14?,17-,21?/m0/s1. The Labute approximate surface area is 152 Å². The highest BCUT2D eigenvalue weighted by atomic mass is 16.5. The summed E-state index contributed by atoms with van der Waals surface area (Å²) in [5.41, 5.74) is 2.20. The van der Waals surface area contributed by atoms with Crippen LogP contribution >= 0.6 is 0 Å². The molecule has 1 N–H and O–H groups in total. The Morgan fingerprint density at radius 3 is 2.32 bits per heavy atom. The monoisotopic (exact) mass is 347 g/mol. The van der Waals surface area contributed by atoms with E-state index in [1.165, 1.54) is 0 Å². The van der Waals surface area contributed by atoms with Crippen LogP contribution in [0.2, 0.25) is 0 Å². The molecule has 0 bridgehead atoms. The SMILES string of the molecule is CC[C@H](C)Oc1c(C)cc(NC(=O)C2(OC)CCC(C)CC2)cc1C. The van der Waals surface area contributed by atoms with Crippen LogP contribution in [-0.4, -0.2) is 24.7 Å². The summed E-state index contributed by atoms with van der Waals surface area (Å²) in [4.78, 5) is 12.9. The predicted octanol–water partition coefficient (Wildman–Crippen LogP) is 5.01. The lowest BCUT2D eigenvalue weighted by Gasteiger charge is -2.36. The summed E-state index contributed by atoms with van der Waals surface area (Å²) in [6.45, 7) is 10.5. The Hall–Kier alpha value is -1.55. The fourth-order valence-electron chi connectivity index (χ4n) is 3.49. The van der Waals surface area contributed by atoms with Crippen molar-refractivity contribution >= 4 is 11.6 Å². The third-order valence-electron chi connectivity index (χ3n) is 5.50. The van der Waals surface area contributed by atoms with Crippen molar-refractivity contribution < 1.29 is 14.3 Å². The molecule has 1 aromatic carbocycles. The molecule has 1 aliphatic carbocycles. The van der Waals surface area contributed by atoms with Crippen LogP contribution in [0, 0.1) is 19.8 Å². The maximum absolute atomic E-state index is 12.9. The summed E-state index contributed by atoms with van der Waals surface area (Å²) < 4.78 is 11.7. The fraction of sp³-hybridized carbons (Fsp3) is 0.667. The van der Waals surface area contributed by atoms with Gasteiger partial charge >= 0.3 is 0 Å². The number of carbonyl (C=O) groups is 1. The van der Waals surface area contributed by atoms with E-state index in [1.807, 2.05) is 26.0 Å². The van der Waals surface area contributed by atoms with E-state index >= 15 is 0 Å². The van der Waals surface area contributed by atoms with Crippen LogP contribution in [0.4, 0.5) is 5.69 Å². The van der Waals surface area contributed by atoms with Gasteiger partial charge in [-0.15, -0.1) is 0 Å². The van der Waals surface area contributed by atoms with Crippen LogP contribution in [0.25, 0.3) is 0 Å². The topological polar surface area (TPSA) is 47.6 Å². The van der Waals surface area contributed by atoms with Gasteiger partial charge in [-0.3, -0.25) is 4.79 Å². The number of rotatable bonds is 6. The van der Waals surface area contributed by atoms with Crippen molar-refractivity contribution in [2.24, 2.45) is 5.92 Å². The smallest absolute Gasteiger partial charge is 0.256 e. The molecule has 2 rings (SSSR count). The summed E-state index contributed by atoms with van der Waals surface area (Å²) >= 11 is 0. The lowest BCUT2D eigenvalue weighted by molar-refractivity contribution is -0.142. The minimum atomic E-state index is -0.694. The molecule has 0 radical (unpaired) electrons. The van der Waals surface area contributed by atoms with Crippen molar-refractivity contribution in [3.05, 3.63) is 23.3 Å². The minimum absolute atomic E-state index is 0.0312. The van der Waals surface area contributed by atoms with E-state index in [9.17, 15) is 4.79 Å². The molecule has 1 aliphatic rings. The zero-order valence-corrected chi connectivity index (χ0v) is 16.6. The van der Waals surface area contributed by atoms with E-state index in [4.69, 9.17) is 9.47 Å². The number of hydrogen-bond donors (Lipinski definition) is 1. The molecule has 4 heteroatoms. The number of aryl methyl sites for hydroxylation is 2. The zero-order chi connectivity index (χ0) is 18.6. The van der Waals surface area contributed by atoms with Crippen LogP contribution in [0.3, 0.4) is 0 Å². The van der Waals surface area contributed by atoms with Crippen molar-refractivity contribution in [1.29, 1.82) is 0 Å². The minimum Gasteiger partial charge on any atom is -0.490 e. The molecule has 0 saturated heterocycles. The van der Waals surface area contributed by atoms with Crippen LogP contribution in [-0.2, 0) is 9.53 Å². The lowest BCUT2D eigenvalue weighted by Crippen LogP contribution is -2.47. The normalized spacial score (nSPS) is 24.6. The molecule has 25 heavy (non-hydrogen) atoms. The first-order valence-electron chi connectivity index (χ1n) is 9.45. The molecule has 0 heterocycles. The van der Waals surface area contributed by atoms with E-state index < -0.39 is 5.60 Å². The highest BCUT2D eigenvalue weighted by molar-refractivity contribution is 5.97. The molecule has 1 aromatic rings. The van der Waals surface area contributed by atoms with Gasteiger partial charge in [0.05, 0.1) is 6.10 Å². The highest BCUT2D eigenvalue weighted by Gasteiger charge is 2.41. The van der Waals surface area contributed by atoms with Crippen LogP contribution < -0.4 is 10.1 Å². The van der Waals surface area contributed by atoms with Crippen molar-refractivity contribution in [2.75, 3.05) is 12.4 Å². The second kappa shape index (κ2) is 8.22. The van der Waals surface area contributed by atoms with Gasteiger partial charge in [0.25, 0.3) is 5.91 Å². The summed E-state index contributed by atoms with van der Waals surface area (Å²) in [6.07, 6.45) is 4.76. The van der Waals surface area contributed by atoms with Crippen molar-refractivity contribution in [1.82, 2.24) is 0 Å². The van der Waals surface area contributed by atoms with Gasteiger partial charge in [-0.1, -0.05) is 13.8 Å². The predicted molar refractivity (Wildman–Crippen MR) is 102 cm³/mol. The Morgan fingerprint density at radius 1 is 1.28 bits per heavy atom. The molecule has 1 atom stereocenters. The van der Waals surface area contributed by atoms with E-state index in [1.54, 1.807) is 7.11 Å². The number of methoxy groups -OCH3 is 1. The quantitative estimate of drug-likeness (QED) is 0.786. The Kier molecular flexibility index (Phi) is 6.50. The third kappa shape index (κ3) is 4.55. The fourth-order valence-corrected chi connectivity index (χ4v) is 3.49. The number of hydrogen-bond acceptors (Lipinski definition) is 3. The third-order valence-corrected chi connectivity index (χ3v) is 5.50. The Bertz CT molecular complexity index is 580. The van der Waals surface area contributed by atoms with Crippen LogP contribution in [0.1, 0.15) is 64.0 Å². The molecule has 4 nitrogen and oxygen atoms in total. The molecule has 0 aliphatic heterocycles. The van der Waals surface area contributed by atoms with Gasteiger partial charge in [0.2, 0.25) is 0 Å². The molecule has 1 amide bonds. The molecule has 140 valence electrons. The largest absolute Gasteiger partial charge is 0.490 e. The highest BCUT2D eigenvalue weighted by Crippen LogP contribution is 2.36. The Balaban J connectivity index is 2.15. The van der Waals surface area contributed by atoms with E-state index in [0.29, 0.717) is 5.92 Å². The summed E-state index contributed by atoms with van der Waals surface area (Å²) in [6, 6.07) is 3.97. The van der Waals surface area contributed by atoms with Gasteiger partial charge < -0.3 is 14.8 Å². The molecular formula is C21H33NO3. The molecule has 1 saturated carbocycles. The Morgan fingerprint density at radius 2 is 1.84 bits per heavy atom. The number of amides is 1. The van der Waals surface area contributed by atoms with Crippen LogP contribution in [0.5, 0.6) is 5.75 Å². The number of benzene rings is 1. The summed E-state index contributed by atoms with van der Waals surface area (Å²) in [7, 11) is 1.65. The second-order valence-corrected chi connectivity index (χ2v) is 7.61. The van der Waals surface area contributed by atoms with Crippen molar-refractivity contribution in [3.63, 3.8) is 0 Å². The first kappa shape index (κ1) is 19.8. The maximum atomic E-state index is 12.9. The van der Waals surface area contributed by atoms with Gasteiger partial charge in [-0.2, -0.15) is 0 Å². The van der Waals surface area contributed by atoms with Crippen molar-refractivity contribution in [2.45, 2.75) is 78.4 Å². The number of ether oxygens (including phenoxy) is 2. The maximum Gasteiger partial charge on any atom is 0.256 e. The number of nitrogens with one attached hydrogen (secondary N) is 1. The van der Waals surface area contributed by atoms with Crippen molar-refractivity contribution in [3.8, 4) is 5.75 Å². The second-order valence-electron chi connectivity index (χ2n) is 7.61. The zero-order valence-electron chi connectivity index (χ0n) is 16.6. The molecule has 0 unspecified atom stereocenters. The average Bonchev–Trinajstić information content (AvgIpc) is 2.58. The van der Waals surface area contributed by atoms with Gasteiger partial charge in [-0.05, 0) is 82.1 Å². The number of carbonyl (C=O) groups excluding carboxylic acids is 1. The first-order chi connectivity index (χ1) is 11.8. The van der Waals surface area contributed by atoms with E-state index in [-0.39, 0.29) is 12.0 Å². The van der Waals surface area contributed by atoms with Crippen LogP contribution in [0.15, 0.2) is 12.1 Å². The van der Waals surface area contributed by atoms with E-state index in [2.05, 4.69) is 26.1 Å². The van der Waals surface area contributed by atoms with Gasteiger partial charge in [-0.25, -0.2) is 0 Å². The number of anilines is 1. The molecule has 0 spiro atoms. The van der Waals surface area contributed by atoms with E-state index in [0.717, 1.165) is 54.7 Å². The van der Waals surface area contributed by atoms with Gasteiger partial charge in [0.15, 0.2) is 0 Å².